The van der Waals surface area contributed by atoms with E-state index in [2.05, 4.69) is 5.32 Å². The molecule has 1 atom stereocenters. The molecule has 1 saturated heterocycles. The summed E-state index contributed by atoms with van der Waals surface area (Å²) in [5, 5.41) is 3.09. The number of carbonyl (C=O) groups excluding carboxylic acids is 2. The normalized spacial score (nSPS) is 21.7. The van der Waals surface area contributed by atoms with Gasteiger partial charge in [0.25, 0.3) is 0 Å². The highest BCUT2D eigenvalue weighted by Gasteiger charge is 2.24. The molecule has 5 heteroatoms. The van der Waals surface area contributed by atoms with Crippen LogP contribution in [0.2, 0.25) is 0 Å². The summed E-state index contributed by atoms with van der Waals surface area (Å²) in [6.07, 6.45) is 0.408. The zero-order valence-electron chi connectivity index (χ0n) is 9.62. The maximum Gasteiger partial charge on any atom is 0.239 e. The predicted molar refractivity (Wildman–Crippen MR) is 57.4 cm³/mol. The van der Waals surface area contributed by atoms with E-state index in [-0.39, 0.29) is 17.9 Å². The van der Waals surface area contributed by atoms with Gasteiger partial charge in [0.2, 0.25) is 11.8 Å². The van der Waals surface area contributed by atoms with Gasteiger partial charge in [0.05, 0.1) is 6.04 Å². The van der Waals surface area contributed by atoms with Crippen molar-refractivity contribution < 1.29 is 9.59 Å². The van der Waals surface area contributed by atoms with Gasteiger partial charge < -0.3 is 15.1 Å². The number of hydrogen-bond acceptors (Lipinski definition) is 3. The van der Waals surface area contributed by atoms with E-state index in [0.717, 1.165) is 6.54 Å². The lowest BCUT2D eigenvalue weighted by molar-refractivity contribution is -0.136. The molecule has 0 aromatic carbocycles. The van der Waals surface area contributed by atoms with Gasteiger partial charge in [-0.15, -0.1) is 0 Å². The van der Waals surface area contributed by atoms with Crippen LogP contribution in [0.25, 0.3) is 0 Å². The first-order valence-electron chi connectivity index (χ1n) is 5.24. The Balaban J connectivity index is 2.38. The third kappa shape index (κ3) is 3.20. The van der Waals surface area contributed by atoms with Crippen molar-refractivity contribution in [3.05, 3.63) is 0 Å². The third-order valence-corrected chi connectivity index (χ3v) is 2.61. The Morgan fingerprint density at radius 2 is 2.27 bits per heavy atom. The Hall–Kier alpha value is -1.10. The first-order valence-corrected chi connectivity index (χ1v) is 5.24. The van der Waals surface area contributed by atoms with Crippen LogP contribution in [-0.2, 0) is 9.59 Å². The molecule has 15 heavy (non-hydrogen) atoms. The standard InChI is InChI=1S/C10H19N3O2/c1-8-10(15)13(7-5-11-8)6-4-9(14)12(2)3/h8,11H,4-7H2,1-3H3. The molecular weight excluding hydrogens is 194 g/mol. The molecule has 1 fully saturated rings. The molecule has 0 aromatic heterocycles. The molecule has 1 rings (SSSR count). The Labute approximate surface area is 90.4 Å². The molecule has 2 amide bonds. The van der Waals surface area contributed by atoms with Crippen molar-refractivity contribution in [1.82, 2.24) is 15.1 Å². The molecule has 1 N–H and O–H groups in total. The zero-order chi connectivity index (χ0) is 11.4. The fourth-order valence-electron chi connectivity index (χ4n) is 1.56. The maximum absolute atomic E-state index is 11.6. The van der Waals surface area contributed by atoms with Crippen molar-refractivity contribution in [3.63, 3.8) is 0 Å². The Morgan fingerprint density at radius 1 is 1.60 bits per heavy atom. The molecule has 0 spiro atoms. The molecule has 1 unspecified atom stereocenters. The van der Waals surface area contributed by atoms with Crippen molar-refractivity contribution >= 4 is 11.8 Å². The number of amides is 2. The minimum absolute atomic E-state index is 0.0639. The second kappa shape index (κ2) is 5.11. The van der Waals surface area contributed by atoms with Crippen molar-refractivity contribution in [1.29, 1.82) is 0 Å². The highest BCUT2D eigenvalue weighted by Crippen LogP contribution is 2.02. The third-order valence-electron chi connectivity index (χ3n) is 2.61. The largest absolute Gasteiger partial charge is 0.349 e. The molecular formula is C10H19N3O2. The van der Waals surface area contributed by atoms with E-state index in [1.165, 1.54) is 0 Å². The van der Waals surface area contributed by atoms with Gasteiger partial charge >= 0.3 is 0 Å². The van der Waals surface area contributed by atoms with E-state index >= 15 is 0 Å². The van der Waals surface area contributed by atoms with Gasteiger partial charge in [-0.2, -0.15) is 0 Å². The lowest BCUT2D eigenvalue weighted by Crippen LogP contribution is -2.54. The first-order chi connectivity index (χ1) is 7.02. The predicted octanol–water partition coefficient (Wildman–Crippen LogP) is -0.715. The summed E-state index contributed by atoms with van der Waals surface area (Å²) in [5.41, 5.74) is 0. The molecule has 0 bridgehead atoms. The molecule has 1 aliphatic heterocycles. The number of piperazine rings is 1. The van der Waals surface area contributed by atoms with Gasteiger partial charge in [0.1, 0.15) is 0 Å². The SMILES string of the molecule is CC1NCCN(CCC(=O)N(C)C)C1=O. The van der Waals surface area contributed by atoms with E-state index in [4.69, 9.17) is 0 Å². The number of nitrogens with one attached hydrogen (secondary N) is 1. The summed E-state index contributed by atoms with van der Waals surface area (Å²) in [7, 11) is 3.45. The minimum Gasteiger partial charge on any atom is -0.349 e. The summed E-state index contributed by atoms with van der Waals surface area (Å²) < 4.78 is 0. The highest BCUT2D eigenvalue weighted by molar-refractivity contribution is 5.83. The van der Waals surface area contributed by atoms with Gasteiger partial charge in [-0.1, -0.05) is 0 Å². The molecule has 0 radical (unpaired) electrons. The fourth-order valence-corrected chi connectivity index (χ4v) is 1.56. The van der Waals surface area contributed by atoms with Gasteiger partial charge in [0, 0.05) is 40.2 Å². The topological polar surface area (TPSA) is 52.7 Å². The van der Waals surface area contributed by atoms with E-state index in [9.17, 15) is 9.59 Å². The van der Waals surface area contributed by atoms with Crippen LogP contribution < -0.4 is 5.32 Å². The van der Waals surface area contributed by atoms with Crippen LogP contribution >= 0.6 is 0 Å². The number of carbonyl (C=O) groups is 2. The molecule has 1 aliphatic rings. The maximum atomic E-state index is 11.6. The van der Waals surface area contributed by atoms with E-state index in [1.807, 2.05) is 6.92 Å². The van der Waals surface area contributed by atoms with Crippen LogP contribution in [-0.4, -0.2) is 61.4 Å². The number of nitrogens with zero attached hydrogens (tertiary/aromatic N) is 2. The number of hydrogen-bond donors (Lipinski definition) is 1. The number of rotatable bonds is 3. The molecule has 0 saturated carbocycles. The summed E-state index contributed by atoms with van der Waals surface area (Å²) >= 11 is 0. The van der Waals surface area contributed by atoms with Crippen LogP contribution in [0.5, 0.6) is 0 Å². The molecule has 0 aliphatic carbocycles. The van der Waals surface area contributed by atoms with E-state index < -0.39 is 0 Å². The minimum atomic E-state index is -0.117. The van der Waals surface area contributed by atoms with E-state index in [0.29, 0.717) is 19.5 Å². The van der Waals surface area contributed by atoms with Crippen molar-refractivity contribution in [2.24, 2.45) is 0 Å². The summed E-state index contributed by atoms with van der Waals surface area (Å²) in [6.45, 7) is 3.89. The van der Waals surface area contributed by atoms with Crippen molar-refractivity contribution in [2.75, 3.05) is 33.7 Å². The second-order valence-corrected chi connectivity index (χ2v) is 4.04. The van der Waals surface area contributed by atoms with Crippen LogP contribution in [0.1, 0.15) is 13.3 Å². The van der Waals surface area contributed by atoms with Crippen molar-refractivity contribution in [3.8, 4) is 0 Å². The summed E-state index contributed by atoms with van der Waals surface area (Å²) in [6, 6.07) is -0.117. The highest BCUT2D eigenvalue weighted by atomic mass is 16.2. The monoisotopic (exact) mass is 213 g/mol. The second-order valence-electron chi connectivity index (χ2n) is 4.04. The van der Waals surface area contributed by atoms with E-state index in [1.54, 1.807) is 23.9 Å². The summed E-state index contributed by atoms with van der Waals surface area (Å²) in [4.78, 5) is 26.3. The van der Waals surface area contributed by atoms with Crippen LogP contribution in [0.3, 0.4) is 0 Å². The summed E-state index contributed by atoms with van der Waals surface area (Å²) in [5.74, 6) is 0.154. The molecule has 1 heterocycles. The van der Waals surface area contributed by atoms with Crippen molar-refractivity contribution in [2.45, 2.75) is 19.4 Å². The lowest BCUT2D eigenvalue weighted by Gasteiger charge is -2.31. The first kappa shape index (κ1) is 12.0. The molecule has 0 aromatic rings. The van der Waals surface area contributed by atoms with Crippen LogP contribution in [0, 0.1) is 0 Å². The van der Waals surface area contributed by atoms with Gasteiger partial charge in [0.15, 0.2) is 0 Å². The van der Waals surface area contributed by atoms with Gasteiger partial charge in [-0.25, -0.2) is 0 Å². The van der Waals surface area contributed by atoms with Gasteiger partial charge in [-0.3, -0.25) is 9.59 Å². The Kier molecular flexibility index (Phi) is 4.08. The quantitative estimate of drug-likeness (QED) is 0.673. The Bertz CT molecular complexity index is 253. The average Bonchev–Trinajstić information content (AvgIpc) is 2.19. The lowest BCUT2D eigenvalue weighted by atomic mass is 10.2. The Morgan fingerprint density at radius 3 is 2.87 bits per heavy atom. The van der Waals surface area contributed by atoms with Crippen LogP contribution in [0.15, 0.2) is 0 Å². The molecule has 5 nitrogen and oxygen atoms in total. The zero-order valence-corrected chi connectivity index (χ0v) is 9.62. The fraction of sp³-hybridized carbons (Fsp3) is 0.800. The van der Waals surface area contributed by atoms with Gasteiger partial charge in [-0.05, 0) is 6.92 Å². The van der Waals surface area contributed by atoms with Crippen LogP contribution in [0.4, 0.5) is 0 Å². The molecule has 86 valence electrons. The smallest absolute Gasteiger partial charge is 0.239 e. The average molecular weight is 213 g/mol.